The molecule has 0 fully saturated rings. The van der Waals surface area contributed by atoms with Gasteiger partial charge in [-0.2, -0.15) is 0 Å². The van der Waals surface area contributed by atoms with Gasteiger partial charge in [0.1, 0.15) is 0 Å². The molecule has 2 aromatic carbocycles. The van der Waals surface area contributed by atoms with Crippen LogP contribution in [0.1, 0.15) is 27.8 Å². The Hall–Kier alpha value is -1.47. The number of hydrogen-bond donors (Lipinski definition) is 0. The van der Waals surface area contributed by atoms with E-state index in [9.17, 15) is 0 Å². The lowest BCUT2D eigenvalue weighted by Crippen LogP contribution is -2.15. The minimum absolute atomic E-state index is 0.810. The van der Waals surface area contributed by atoms with Crippen molar-refractivity contribution in [1.82, 2.24) is 0 Å². The van der Waals surface area contributed by atoms with Gasteiger partial charge in [-0.15, -0.1) is 0 Å². The number of fused-ring (bicyclic) bond motifs is 1. The van der Waals surface area contributed by atoms with Crippen molar-refractivity contribution < 1.29 is 0 Å². The fourth-order valence-electron chi connectivity index (χ4n) is 2.84. The van der Waals surface area contributed by atoms with E-state index < -0.39 is 0 Å². The quantitative estimate of drug-likeness (QED) is 0.721. The van der Waals surface area contributed by atoms with Crippen LogP contribution in [-0.4, -0.2) is 0 Å². The average Bonchev–Trinajstić information content (AvgIpc) is 2.72. The first-order chi connectivity index (χ1) is 9.04. The molecule has 0 saturated heterocycles. The maximum absolute atomic E-state index is 6.04. The lowest BCUT2D eigenvalue weighted by molar-refractivity contribution is 0.875. The van der Waals surface area contributed by atoms with Crippen molar-refractivity contribution in [3.8, 4) is 0 Å². The summed E-state index contributed by atoms with van der Waals surface area (Å²) in [6.07, 6.45) is 0. The number of benzene rings is 2. The summed E-state index contributed by atoms with van der Waals surface area (Å²) in [6.45, 7) is 8.50. The van der Waals surface area contributed by atoms with Crippen molar-refractivity contribution in [3.63, 3.8) is 0 Å². The fourth-order valence-corrected chi connectivity index (χ4v) is 3.07. The number of hydrogen-bond acceptors (Lipinski definition) is 1. The summed E-state index contributed by atoms with van der Waals surface area (Å²) in [5, 5.41) is 0.810. The summed E-state index contributed by atoms with van der Waals surface area (Å²) in [4.78, 5) is 2.43. The van der Waals surface area contributed by atoms with E-state index in [4.69, 9.17) is 11.6 Å². The normalized spacial score (nSPS) is 13.8. The second-order valence-electron chi connectivity index (χ2n) is 5.49. The first-order valence-electron chi connectivity index (χ1n) is 6.64. The average molecular weight is 272 g/mol. The van der Waals surface area contributed by atoms with Crippen LogP contribution in [0.4, 0.5) is 5.69 Å². The van der Waals surface area contributed by atoms with E-state index in [0.717, 1.165) is 18.1 Å². The minimum Gasteiger partial charge on any atom is -0.363 e. The van der Waals surface area contributed by atoms with Crippen molar-refractivity contribution in [3.05, 3.63) is 63.2 Å². The van der Waals surface area contributed by atoms with Gasteiger partial charge in [0.05, 0.1) is 0 Å². The third kappa shape index (κ3) is 2.23. The van der Waals surface area contributed by atoms with Gasteiger partial charge in [0, 0.05) is 23.8 Å². The fraction of sp³-hybridized carbons (Fsp3) is 0.294. The van der Waals surface area contributed by atoms with Crippen LogP contribution in [0, 0.1) is 20.8 Å². The second-order valence-corrected chi connectivity index (χ2v) is 5.93. The van der Waals surface area contributed by atoms with E-state index in [1.807, 2.05) is 12.1 Å². The number of aryl methyl sites for hydroxylation is 3. The largest absolute Gasteiger partial charge is 0.363 e. The topological polar surface area (TPSA) is 3.24 Å². The Morgan fingerprint density at radius 2 is 1.42 bits per heavy atom. The molecule has 1 aliphatic heterocycles. The van der Waals surface area contributed by atoms with Crippen LogP contribution in [0.2, 0.25) is 5.02 Å². The standard InChI is InChI=1S/C17H18ClN/c1-11-6-14-9-19(10-15(14)7-12(11)2)17-5-4-16(18)8-13(17)3/h4-8H,9-10H2,1-3H3. The van der Waals surface area contributed by atoms with Gasteiger partial charge in [-0.05, 0) is 66.8 Å². The van der Waals surface area contributed by atoms with Gasteiger partial charge < -0.3 is 4.90 Å². The molecule has 0 N–H and O–H groups in total. The Bertz CT molecular complexity index is 615. The zero-order chi connectivity index (χ0) is 13.6. The molecule has 1 heterocycles. The van der Waals surface area contributed by atoms with Crippen molar-refractivity contribution in [2.75, 3.05) is 4.90 Å². The molecule has 0 aromatic heterocycles. The Labute approximate surface area is 119 Å². The molecular weight excluding hydrogens is 254 g/mol. The number of rotatable bonds is 1. The number of nitrogens with zero attached hydrogens (tertiary/aromatic N) is 1. The molecule has 0 saturated carbocycles. The Balaban J connectivity index is 1.95. The highest BCUT2D eigenvalue weighted by atomic mass is 35.5. The van der Waals surface area contributed by atoms with E-state index in [2.05, 4.69) is 43.9 Å². The molecule has 0 spiro atoms. The predicted molar refractivity (Wildman–Crippen MR) is 82.0 cm³/mol. The summed E-state index contributed by atoms with van der Waals surface area (Å²) < 4.78 is 0. The smallest absolute Gasteiger partial charge is 0.0436 e. The van der Waals surface area contributed by atoms with Crippen molar-refractivity contribution in [1.29, 1.82) is 0 Å². The molecule has 2 aromatic rings. The second kappa shape index (κ2) is 4.57. The van der Waals surface area contributed by atoms with Gasteiger partial charge in [-0.3, -0.25) is 0 Å². The van der Waals surface area contributed by atoms with E-state index in [-0.39, 0.29) is 0 Å². The molecule has 19 heavy (non-hydrogen) atoms. The molecular formula is C17H18ClN. The monoisotopic (exact) mass is 271 g/mol. The molecule has 2 heteroatoms. The lowest BCUT2D eigenvalue weighted by Gasteiger charge is -2.20. The lowest BCUT2D eigenvalue weighted by atomic mass is 10.0. The third-order valence-corrected chi connectivity index (χ3v) is 4.27. The summed E-state index contributed by atoms with van der Waals surface area (Å²) in [5.74, 6) is 0. The van der Waals surface area contributed by atoms with Gasteiger partial charge in [0.2, 0.25) is 0 Å². The highest BCUT2D eigenvalue weighted by molar-refractivity contribution is 6.30. The molecule has 0 amide bonds. The zero-order valence-corrected chi connectivity index (χ0v) is 12.4. The molecule has 98 valence electrons. The van der Waals surface area contributed by atoms with Gasteiger partial charge in [0.25, 0.3) is 0 Å². The predicted octanol–water partition coefficient (Wildman–Crippen LogP) is 4.79. The highest BCUT2D eigenvalue weighted by Gasteiger charge is 2.21. The zero-order valence-electron chi connectivity index (χ0n) is 11.6. The molecule has 0 aliphatic carbocycles. The summed E-state index contributed by atoms with van der Waals surface area (Å²) >= 11 is 6.04. The molecule has 3 rings (SSSR count). The van der Waals surface area contributed by atoms with Gasteiger partial charge in [0.15, 0.2) is 0 Å². The summed E-state index contributed by atoms with van der Waals surface area (Å²) in [6, 6.07) is 10.8. The van der Waals surface area contributed by atoms with Crippen LogP contribution >= 0.6 is 11.6 Å². The Morgan fingerprint density at radius 3 is 1.95 bits per heavy atom. The van der Waals surface area contributed by atoms with Crippen LogP contribution < -0.4 is 4.90 Å². The van der Waals surface area contributed by atoms with Gasteiger partial charge >= 0.3 is 0 Å². The first kappa shape index (κ1) is 12.6. The van der Waals surface area contributed by atoms with Gasteiger partial charge in [-0.25, -0.2) is 0 Å². The van der Waals surface area contributed by atoms with Crippen molar-refractivity contribution in [2.24, 2.45) is 0 Å². The third-order valence-electron chi connectivity index (χ3n) is 4.04. The van der Waals surface area contributed by atoms with Gasteiger partial charge in [-0.1, -0.05) is 23.7 Å². The molecule has 0 unspecified atom stereocenters. The van der Waals surface area contributed by atoms with E-state index >= 15 is 0 Å². The van der Waals surface area contributed by atoms with Crippen LogP contribution in [0.15, 0.2) is 30.3 Å². The van der Waals surface area contributed by atoms with Crippen molar-refractivity contribution >= 4 is 17.3 Å². The van der Waals surface area contributed by atoms with Crippen LogP contribution in [0.3, 0.4) is 0 Å². The maximum atomic E-state index is 6.04. The van der Waals surface area contributed by atoms with Crippen molar-refractivity contribution in [2.45, 2.75) is 33.9 Å². The Kier molecular flexibility index (Phi) is 3.02. The molecule has 0 bridgehead atoms. The molecule has 1 nitrogen and oxygen atoms in total. The highest BCUT2D eigenvalue weighted by Crippen LogP contribution is 2.32. The SMILES string of the molecule is Cc1cc2c(cc1C)CN(c1ccc(Cl)cc1C)C2. The van der Waals surface area contributed by atoms with Crippen LogP contribution in [0.25, 0.3) is 0 Å². The maximum Gasteiger partial charge on any atom is 0.0436 e. The first-order valence-corrected chi connectivity index (χ1v) is 7.02. The molecule has 0 atom stereocenters. The minimum atomic E-state index is 0.810. The van der Waals surface area contributed by atoms with Crippen LogP contribution in [-0.2, 0) is 13.1 Å². The molecule has 1 aliphatic rings. The van der Waals surface area contributed by atoms with E-state index in [1.165, 1.54) is 33.5 Å². The van der Waals surface area contributed by atoms with E-state index in [1.54, 1.807) is 0 Å². The van der Waals surface area contributed by atoms with Crippen LogP contribution in [0.5, 0.6) is 0 Å². The molecule has 0 radical (unpaired) electrons. The number of halogens is 1. The number of anilines is 1. The summed E-state index contributed by atoms with van der Waals surface area (Å²) in [7, 11) is 0. The summed E-state index contributed by atoms with van der Waals surface area (Å²) in [5.41, 5.74) is 8.21. The Morgan fingerprint density at radius 1 is 0.842 bits per heavy atom. The van der Waals surface area contributed by atoms with E-state index in [0.29, 0.717) is 0 Å².